The van der Waals surface area contributed by atoms with E-state index in [1.807, 2.05) is 73.7 Å². The molecule has 0 aliphatic heterocycles. The summed E-state index contributed by atoms with van der Waals surface area (Å²) in [7, 11) is 0. The molecule has 40 heavy (non-hydrogen) atoms. The number of benzene rings is 6. The van der Waals surface area contributed by atoms with E-state index in [0.29, 0.717) is 11.1 Å². The number of nitrogens with zero attached hydrogens (tertiary/aromatic N) is 3. The quantitative estimate of drug-likeness (QED) is 0.171. The predicted molar refractivity (Wildman–Crippen MR) is 166 cm³/mol. The lowest BCUT2D eigenvalue weighted by Crippen LogP contribution is -2.09. The van der Waals surface area contributed by atoms with Crippen LogP contribution in [0.3, 0.4) is 0 Å². The van der Waals surface area contributed by atoms with Crippen LogP contribution in [-0.4, -0.2) is 0 Å². The van der Waals surface area contributed by atoms with Gasteiger partial charge in [0.05, 0.1) is 11.1 Å². The monoisotopic (exact) mass is 511 g/mol. The molecule has 0 saturated carbocycles. The number of rotatable bonds is 5. The highest BCUT2D eigenvalue weighted by Crippen LogP contribution is 2.35. The molecular weight excluding hydrogens is 486 g/mol. The van der Waals surface area contributed by atoms with Crippen molar-refractivity contribution in [3.8, 4) is 12.1 Å². The van der Waals surface area contributed by atoms with Crippen LogP contribution < -0.4 is 4.90 Å². The van der Waals surface area contributed by atoms with E-state index in [9.17, 15) is 10.5 Å². The van der Waals surface area contributed by atoms with E-state index >= 15 is 0 Å². The minimum absolute atomic E-state index is 0.428. The average Bonchev–Trinajstić information content (AvgIpc) is 3.01. The molecule has 3 nitrogen and oxygen atoms in total. The lowest BCUT2D eigenvalue weighted by Gasteiger charge is -2.25. The van der Waals surface area contributed by atoms with Crippen molar-refractivity contribution in [3.63, 3.8) is 0 Å². The second-order valence-electron chi connectivity index (χ2n) is 9.76. The van der Waals surface area contributed by atoms with Crippen molar-refractivity contribution >= 4 is 50.8 Å². The van der Waals surface area contributed by atoms with Crippen molar-refractivity contribution in [2.24, 2.45) is 0 Å². The van der Waals surface area contributed by atoms with Gasteiger partial charge in [-0.2, -0.15) is 10.5 Å². The summed E-state index contributed by atoms with van der Waals surface area (Å²) in [5, 5.41) is 23.5. The van der Waals surface area contributed by atoms with Gasteiger partial charge < -0.3 is 4.90 Å². The molecule has 0 bridgehead atoms. The largest absolute Gasteiger partial charge is 0.311 e. The zero-order valence-electron chi connectivity index (χ0n) is 22.0. The first kappa shape index (κ1) is 24.7. The maximum absolute atomic E-state index is 9.99. The first-order chi connectivity index (χ1) is 19.7. The Labute approximate surface area is 234 Å². The van der Waals surface area contributed by atoms with Gasteiger partial charge in [-0.1, -0.05) is 96.6 Å². The molecule has 0 unspecified atom stereocenters. The van der Waals surface area contributed by atoms with E-state index in [-0.39, 0.29) is 0 Å². The van der Waals surface area contributed by atoms with E-state index in [1.165, 1.54) is 0 Å². The SMILES string of the molecule is Cc1ccc2c(c1)c(C#N)c(C#N)c1cc(C=Cc3ccc(N(c4ccccc4)c4ccccc4)cc3)ccc12. The summed E-state index contributed by atoms with van der Waals surface area (Å²) >= 11 is 0. The lowest BCUT2D eigenvalue weighted by molar-refractivity contribution is 1.28. The van der Waals surface area contributed by atoms with Crippen LogP contribution in [0.4, 0.5) is 17.1 Å². The number of fused-ring (bicyclic) bond motifs is 3. The molecule has 0 spiro atoms. The van der Waals surface area contributed by atoms with E-state index in [4.69, 9.17) is 0 Å². The fraction of sp³-hybridized carbons (Fsp3) is 0.0270. The number of aryl methyl sites for hydroxylation is 1. The second-order valence-corrected chi connectivity index (χ2v) is 9.76. The Bertz CT molecular complexity index is 1920. The Hall–Kier alpha value is -5.64. The predicted octanol–water partition coefficient (Wildman–Crippen LogP) is 9.68. The van der Waals surface area contributed by atoms with Crippen LogP contribution in [-0.2, 0) is 0 Å². The second kappa shape index (κ2) is 10.6. The molecule has 0 aliphatic rings. The van der Waals surface area contributed by atoms with Crippen LogP contribution in [0.5, 0.6) is 0 Å². The molecule has 0 N–H and O–H groups in total. The van der Waals surface area contributed by atoms with Crippen molar-refractivity contribution in [3.05, 3.63) is 149 Å². The Morgan fingerprint density at radius 2 is 0.975 bits per heavy atom. The van der Waals surface area contributed by atoms with Gasteiger partial charge in [-0.25, -0.2) is 0 Å². The lowest BCUT2D eigenvalue weighted by atomic mass is 9.91. The smallest absolute Gasteiger partial charge is 0.101 e. The van der Waals surface area contributed by atoms with Gasteiger partial charge in [0.2, 0.25) is 0 Å². The molecule has 188 valence electrons. The van der Waals surface area contributed by atoms with Crippen LogP contribution in [0.1, 0.15) is 27.8 Å². The highest BCUT2D eigenvalue weighted by Gasteiger charge is 2.15. The number of hydrogen-bond donors (Lipinski definition) is 0. The molecular formula is C37H25N3. The number of anilines is 3. The molecule has 0 aliphatic carbocycles. The fourth-order valence-corrected chi connectivity index (χ4v) is 5.24. The van der Waals surface area contributed by atoms with Crippen LogP contribution in [0, 0.1) is 29.6 Å². The Balaban J connectivity index is 1.35. The van der Waals surface area contributed by atoms with E-state index in [1.54, 1.807) is 0 Å². The van der Waals surface area contributed by atoms with E-state index < -0.39 is 0 Å². The molecule has 0 fully saturated rings. The summed E-state index contributed by atoms with van der Waals surface area (Å²) < 4.78 is 0. The highest BCUT2D eigenvalue weighted by atomic mass is 15.1. The molecule has 6 aromatic rings. The van der Waals surface area contributed by atoms with Gasteiger partial charge in [0.15, 0.2) is 0 Å². The third-order valence-corrected chi connectivity index (χ3v) is 7.17. The first-order valence-corrected chi connectivity index (χ1v) is 13.1. The van der Waals surface area contributed by atoms with Crippen LogP contribution in [0.25, 0.3) is 33.7 Å². The van der Waals surface area contributed by atoms with Crippen molar-refractivity contribution in [2.45, 2.75) is 6.92 Å². The van der Waals surface area contributed by atoms with Crippen molar-refractivity contribution in [2.75, 3.05) is 4.90 Å². The number of hydrogen-bond acceptors (Lipinski definition) is 3. The Morgan fingerprint density at radius 3 is 1.55 bits per heavy atom. The standard InChI is InChI=1S/C37H25N3/c1-26-12-20-32-33-21-17-28(23-35(33)37(25-39)36(24-38)34(32)22-26)14-13-27-15-18-31(19-16-27)40(29-8-4-2-5-9-29)30-10-6-3-7-11-30/h2-23H,1H3. The molecule has 0 saturated heterocycles. The Kier molecular flexibility index (Phi) is 6.55. The zero-order chi connectivity index (χ0) is 27.5. The van der Waals surface area contributed by atoms with Gasteiger partial charge in [0.1, 0.15) is 12.1 Å². The summed E-state index contributed by atoms with van der Waals surface area (Å²) in [4.78, 5) is 2.23. The van der Waals surface area contributed by atoms with Crippen LogP contribution in [0.15, 0.2) is 121 Å². The fourth-order valence-electron chi connectivity index (χ4n) is 5.24. The number of nitriles is 2. The third-order valence-electron chi connectivity index (χ3n) is 7.17. The van der Waals surface area contributed by atoms with Gasteiger partial charge in [0.25, 0.3) is 0 Å². The zero-order valence-corrected chi connectivity index (χ0v) is 22.0. The molecule has 6 aromatic carbocycles. The van der Waals surface area contributed by atoms with E-state index in [0.717, 1.165) is 55.3 Å². The van der Waals surface area contributed by atoms with Crippen LogP contribution in [0.2, 0.25) is 0 Å². The average molecular weight is 512 g/mol. The van der Waals surface area contributed by atoms with Crippen molar-refractivity contribution < 1.29 is 0 Å². The maximum Gasteiger partial charge on any atom is 0.101 e. The molecule has 0 heterocycles. The molecule has 0 radical (unpaired) electrons. The minimum Gasteiger partial charge on any atom is -0.311 e. The molecule has 3 heteroatoms. The van der Waals surface area contributed by atoms with Gasteiger partial charge in [-0.3, -0.25) is 0 Å². The normalized spacial score (nSPS) is 11.0. The van der Waals surface area contributed by atoms with Gasteiger partial charge in [-0.05, 0) is 71.3 Å². The Morgan fingerprint density at radius 1 is 0.500 bits per heavy atom. The summed E-state index contributed by atoms with van der Waals surface area (Å²) in [6.45, 7) is 2.00. The molecule has 6 rings (SSSR count). The first-order valence-electron chi connectivity index (χ1n) is 13.1. The number of para-hydroxylation sites is 2. The van der Waals surface area contributed by atoms with Gasteiger partial charge >= 0.3 is 0 Å². The van der Waals surface area contributed by atoms with Crippen molar-refractivity contribution in [1.29, 1.82) is 10.5 Å². The summed E-state index contributed by atoms with van der Waals surface area (Å²) in [6, 6.07) is 45.9. The van der Waals surface area contributed by atoms with Gasteiger partial charge in [0, 0.05) is 27.8 Å². The van der Waals surface area contributed by atoms with Crippen LogP contribution >= 0.6 is 0 Å². The van der Waals surface area contributed by atoms with Crippen molar-refractivity contribution in [1.82, 2.24) is 0 Å². The summed E-state index contributed by atoms with van der Waals surface area (Å²) in [5.74, 6) is 0. The minimum atomic E-state index is 0.428. The summed E-state index contributed by atoms with van der Waals surface area (Å²) in [6.07, 6.45) is 4.12. The molecule has 0 amide bonds. The molecule has 0 aromatic heterocycles. The topological polar surface area (TPSA) is 50.8 Å². The molecule has 0 atom stereocenters. The highest BCUT2D eigenvalue weighted by molar-refractivity contribution is 6.13. The van der Waals surface area contributed by atoms with E-state index in [2.05, 4.69) is 83.8 Å². The summed E-state index contributed by atoms with van der Waals surface area (Å²) in [5.41, 5.74) is 7.24. The maximum atomic E-state index is 9.99. The third kappa shape index (κ3) is 4.58. The van der Waals surface area contributed by atoms with Gasteiger partial charge in [-0.15, -0.1) is 0 Å².